The fourth-order valence-corrected chi connectivity index (χ4v) is 1.86. The molecule has 0 saturated heterocycles. The first-order valence-corrected chi connectivity index (χ1v) is 4.56. The number of rotatable bonds is 2. The summed E-state index contributed by atoms with van der Waals surface area (Å²) in [6.45, 7) is 0. The summed E-state index contributed by atoms with van der Waals surface area (Å²) < 4.78 is 17.9. The maximum absolute atomic E-state index is 13.3. The van der Waals surface area contributed by atoms with Crippen LogP contribution in [-0.2, 0) is 11.2 Å². The average molecular weight is 194 g/mol. The molecule has 0 heterocycles. The van der Waals surface area contributed by atoms with E-state index in [0.717, 1.165) is 12.0 Å². The minimum absolute atomic E-state index is 0.0234. The van der Waals surface area contributed by atoms with Gasteiger partial charge in [0.25, 0.3) is 0 Å². The van der Waals surface area contributed by atoms with Gasteiger partial charge < -0.3 is 4.74 Å². The number of Topliss-reactive ketones (excluding diaryl/α,β-unsaturated/α-hetero) is 1. The number of alkyl halides is 1. The summed E-state index contributed by atoms with van der Waals surface area (Å²) in [5.41, 5.74) is 1.83. The summed E-state index contributed by atoms with van der Waals surface area (Å²) >= 11 is 0. The molecule has 0 aromatic heterocycles. The molecule has 2 nitrogen and oxygen atoms in total. The van der Waals surface area contributed by atoms with Gasteiger partial charge in [-0.3, -0.25) is 4.79 Å². The van der Waals surface area contributed by atoms with Crippen LogP contribution in [0.25, 0.3) is 0 Å². The fraction of sp³-hybridized carbons (Fsp3) is 0.364. The van der Waals surface area contributed by atoms with Crippen LogP contribution in [0.3, 0.4) is 0 Å². The van der Waals surface area contributed by atoms with Crippen molar-refractivity contribution in [2.45, 2.75) is 19.2 Å². The molecule has 1 aliphatic carbocycles. The molecule has 0 fully saturated rings. The Morgan fingerprint density at radius 1 is 1.43 bits per heavy atom. The topological polar surface area (TPSA) is 26.3 Å². The largest absolute Gasteiger partial charge is 0.348 e. The van der Waals surface area contributed by atoms with Crippen LogP contribution in [0.1, 0.15) is 34.3 Å². The van der Waals surface area contributed by atoms with Crippen LogP contribution < -0.4 is 0 Å². The summed E-state index contributed by atoms with van der Waals surface area (Å²) in [4.78, 5) is 11.5. The molecule has 0 amide bonds. The van der Waals surface area contributed by atoms with Crippen LogP contribution in [0, 0.1) is 0 Å². The molecule has 2 rings (SSSR count). The molecule has 3 heteroatoms. The van der Waals surface area contributed by atoms with Crippen molar-refractivity contribution in [1.29, 1.82) is 0 Å². The number of carbonyl (C=O) groups excluding carboxylic acids is 1. The molecule has 0 bridgehead atoms. The minimum Gasteiger partial charge on any atom is -0.348 e. The Balaban J connectivity index is 2.52. The van der Waals surface area contributed by atoms with Gasteiger partial charge in [-0.05, 0) is 12.0 Å². The molecular formula is C11H11FO2. The molecule has 74 valence electrons. The second kappa shape index (κ2) is 3.50. The first-order valence-electron chi connectivity index (χ1n) is 4.56. The van der Waals surface area contributed by atoms with E-state index in [1.807, 2.05) is 6.07 Å². The Hall–Kier alpha value is -1.22. The van der Waals surface area contributed by atoms with E-state index in [0.29, 0.717) is 17.5 Å². The third kappa shape index (κ3) is 1.34. The third-order valence-electron chi connectivity index (χ3n) is 2.53. The number of hydrogen-bond donors (Lipinski definition) is 0. The monoisotopic (exact) mass is 194 g/mol. The minimum atomic E-state index is -1.49. The van der Waals surface area contributed by atoms with Crippen LogP contribution in [0.4, 0.5) is 4.39 Å². The van der Waals surface area contributed by atoms with Crippen molar-refractivity contribution in [2.24, 2.45) is 0 Å². The lowest BCUT2D eigenvalue weighted by molar-refractivity contribution is -0.00712. The zero-order chi connectivity index (χ0) is 10.1. The number of methoxy groups -OCH3 is 1. The number of ether oxygens (including phenoxy) is 1. The highest BCUT2D eigenvalue weighted by molar-refractivity contribution is 6.01. The fourth-order valence-electron chi connectivity index (χ4n) is 1.86. The lowest BCUT2D eigenvalue weighted by Crippen LogP contribution is -2.03. The van der Waals surface area contributed by atoms with Crippen molar-refractivity contribution in [3.63, 3.8) is 0 Å². The molecule has 0 radical (unpaired) electrons. The van der Waals surface area contributed by atoms with E-state index in [2.05, 4.69) is 4.74 Å². The van der Waals surface area contributed by atoms with Crippen molar-refractivity contribution >= 4 is 5.78 Å². The number of hydrogen-bond acceptors (Lipinski definition) is 2. The van der Waals surface area contributed by atoms with Crippen molar-refractivity contribution in [1.82, 2.24) is 0 Å². The van der Waals surface area contributed by atoms with Gasteiger partial charge in [-0.25, -0.2) is 4.39 Å². The van der Waals surface area contributed by atoms with Gasteiger partial charge in [0.05, 0.1) is 0 Å². The van der Waals surface area contributed by atoms with E-state index in [4.69, 9.17) is 0 Å². The zero-order valence-corrected chi connectivity index (χ0v) is 7.92. The molecule has 0 aliphatic heterocycles. The van der Waals surface area contributed by atoms with Gasteiger partial charge in [-0.2, -0.15) is 0 Å². The van der Waals surface area contributed by atoms with E-state index in [9.17, 15) is 9.18 Å². The van der Waals surface area contributed by atoms with Gasteiger partial charge in [0.15, 0.2) is 5.78 Å². The second-order valence-corrected chi connectivity index (χ2v) is 3.36. The number of ketones is 1. The van der Waals surface area contributed by atoms with E-state index in [-0.39, 0.29) is 5.78 Å². The van der Waals surface area contributed by atoms with Gasteiger partial charge in [-0.15, -0.1) is 0 Å². The molecule has 0 spiro atoms. The number of benzene rings is 1. The first-order chi connectivity index (χ1) is 6.74. The van der Waals surface area contributed by atoms with Crippen LogP contribution in [0.2, 0.25) is 0 Å². The maximum atomic E-state index is 13.3. The normalized spacial score (nSPS) is 16.9. The lowest BCUT2D eigenvalue weighted by Gasteiger charge is -2.10. The summed E-state index contributed by atoms with van der Waals surface area (Å²) in [5, 5.41) is 0. The summed E-state index contributed by atoms with van der Waals surface area (Å²) in [6, 6.07) is 5.24. The molecular weight excluding hydrogens is 183 g/mol. The Bertz CT molecular complexity index is 374. The number of carbonyl (C=O) groups is 1. The molecule has 0 N–H and O–H groups in total. The zero-order valence-electron chi connectivity index (χ0n) is 7.92. The maximum Gasteiger partial charge on any atom is 0.225 e. The van der Waals surface area contributed by atoms with Crippen molar-refractivity contribution in [3.8, 4) is 0 Å². The molecule has 1 aliphatic rings. The first kappa shape index (κ1) is 9.34. The molecule has 1 unspecified atom stereocenters. The highest BCUT2D eigenvalue weighted by Gasteiger charge is 2.25. The predicted octanol–water partition coefficient (Wildman–Crippen LogP) is 2.43. The van der Waals surface area contributed by atoms with Gasteiger partial charge in [-0.1, -0.05) is 18.2 Å². The average Bonchev–Trinajstić information content (AvgIpc) is 2.59. The summed E-state index contributed by atoms with van der Waals surface area (Å²) in [6.07, 6.45) is -0.284. The number of fused-ring (bicyclic) bond motifs is 1. The number of halogens is 1. The van der Waals surface area contributed by atoms with Gasteiger partial charge in [0.1, 0.15) is 0 Å². The summed E-state index contributed by atoms with van der Waals surface area (Å²) in [5.74, 6) is 0.0234. The Labute approximate surface area is 81.7 Å². The van der Waals surface area contributed by atoms with E-state index < -0.39 is 6.36 Å². The number of aryl methyl sites for hydroxylation is 1. The molecule has 1 atom stereocenters. The third-order valence-corrected chi connectivity index (χ3v) is 2.53. The lowest BCUT2D eigenvalue weighted by atomic mass is 10.0. The highest BCUT2D eigenvalue weighted by atomic mass is 19.1. The smallest absolute Gasteiger partial charge is 0.225 e. The second-order valence-electron chi connectivity index (χ2n) is 3.36. The predicted molar refractivity (Wildman–Crippen MR) is 50.0 cm³/mol. The molecule has 1 aromatic carbocycles. The van der Waals surface area contributed by atoms with Crippen molar-refractivity contribution in [3.05, 3.63) is 34.9 Å². The van der Waals surface area contributed by atoms with Gasteiger partial charge in [0.2, 0.25) is 6.36 Å². The van der Waals surface area contributed by atoms with Gasteiger partial charge in [0, 0.05) is 24.7 Å². The van der Waals surface area contributed by atoms with Crippen molar-refractivity contribution in [2.75, 3.05) is 7.11 Å². The van der Waals surface area contributed by atoms with Crippen LogP contribution >= 0.6 is 0 Å². The Morgan fingerprint density at radius 2 is 2.21 bits per heavy atom. The standard InChI is InChI=1S/C11H11FO2/c1-14-11(12)8-4-2-3-7-5-6-9(13)10(7)8/h2-4,11H,5-6H2,1H3. The van der Waals surface area contributed by atoms with Gasteiger partial charge >= 0.3 is 0 Å². The van der Waals surface area contributed by atoms with Crippen LogP contribution in [0.15, 0.2) is 18.2 Å². The summed E-state index contributed by atoms with van der Waals surface area (Å²) in [7, 11) is 1.30. The Kier molecular flexibility index (Phi) is 2.33. The SMILES string of the molecule is COC(F)c1cccc2c1C(=O)CC2. The molecule has 14 heavy (non-hydrogen) atoms. The van der Waals surface area contributed by atoms with E-state index in [1.54, 1.807) is 12.1 Å². The van der Waals surface area contributed by atoms with E-state index in [1.165, 1.54) is 7.11 Å². The molecule has 0 saturated carbocycles. The van der Waals surface area contributed by atoms with E-state index >= 15 is 0 Å². The quantitative estimate of drug-likeness (QED) is 0.722. The van der Waals surface area contributed by atoms with Crippen molar-refractivity contribution < 1.29 is 13.9 Å². The Morgan fingerprint density at radius 3 is 2.93 bits per heavy atom. The van der Waals surface area contributed by atoms with Crippen LogP contribution in [-0.4, -0.2) is 12.9 Å². The molecule has 1 aromatic rings. The van der Waals surface area contributed by atoms with Crippen LogP contribution in [0.5, 0.6) is 0 Å². The highest BCUT2D eigenvalue weighted by Crippen LogP contribution is 2.30.